The third-order valence-corrected chi connectivity index (χ3v) is 6.45. The number of alkyl halides is 1. The summed E-state index contributed by atoms with van der Waals surface area (Å²) < 4.78 is 40.6. The van der Waals surface area contributed by atoms with Crippen LogP contribution < -0.4 is 0 Å². The highest BCUT2D eigenvalue weighted by atomic mass is 35.5. The Balaban J connectivity index is 2.31. The fraction of sp³-hybridized carbons (Fsp3) is 0.600. The van der Waals surface area contributed by atoms with Gasteiger partial charge in [-0.15, -0.1) is 11.6 Å². The normalized spacial score (nSPS) is 16.8. The number of hydrogen-bond acceptors (Lipinski definition) is 2. The van der Waals surface area contributed by atoms with Crippen LogP contribution in [-0.2, 0) is 15.9 Å². The lowest BCUT2D eigenvalue weighted by atomic mass is 10.1. The first-order valence-corrected chi connectivity index (χ1v) is 9.15. The molecule has 0 saturated heterocycles. The van der Waals surface area contributed by atoms with Gasteiger partial charge in [0, 0.05) is 25.0 Å². The zero-order valence-corrected chi connectivity index (χ0v) is 14.0. The molecular formula is C15H21ClFNO2S. The van der Waals surface area contributed by atoms with Crippen LogP contribution in [0, 0.1) is 18.7 Å². The minimum Gasteiger partial charge on any atom is -0.207 e. The average Bonchev–Trinajstić information content (AvgIpc) is 2.94. The summed E-state index contributed by atoms with van der Waals surface area (Å²) in [7, 11) is -2.11. The first-order valence-electron chi connectivity index (χ1n) is 7.17. The molecule has 0 bridgehead atoms. The monoisotopic (exact) mass is 333 g/mol. The highest BCUT2D eigenvalue weighted by molar-refractivity contribution is 7.89. The summed E-state index contributed by atoms with van der Waals surface area (Å²) in [5.41, 5.74) is 0.634. The number of hydrogen-bond donors (Lipinski definition) is 0. The minimum absolute atomic E-state index is 0.0265. The maximum atomic E-state index is 13.9. The van der Waals surface area contributed by atoms with E-state index in [0.29, 0.717) is 18.0 Å². The van der Waals surface area contributed by atoms with Crippen molar-refractivity contribution in [3.05, 3.63) is 29.1 Å². The molecule has 2 rings (SSSR count). The molecule has 1 saturated carbocycles. The van der Waals surface area contributed by atoms with Crippen LogP contribution in [0.4, 0.5) is 4.39 Å². The van der Waals surface area contributed by atoms with Gasteiger partial charge in [0.2, 0.25) is 10.0 Å². The molecule has 1 aliphatic carbocycles. The van der Waals surface area contributed by atoms with Crippen LogP contribution in [-0.4, -0.2) is 26.3 Å². The molecule has 118 valence electrons. The van der Waals surface area contributed by atoms with Gasteiger partial charge in [0.15, 0.2) is 0 Å². The van der Waals surface area contributed by atoms with Crippen molar-refractivity contribution in [3.8, 4) is 0 Å². The Labute approximate surface area is 131 Å². The summed E-state index contributed by atoms with van der Waals surface area (Å²) in [6, 6.07) is 2.77. The number of nitrogens with zero attached hydrogens (tertiary/aromatic N) is 1. The Kier molecular flexibility index (Phi) is 5.28. The molecule has 6 heteroatoms. The van der Waals surface area contributed by atoms with E-state index in [1.165, 1.54) is 23.4 Å². The van der Waals surface area contributed by atoms with Gasteiger partial charge in [0.05, 0.1) is 4.90 Å². The van der Waals surface area contributed by atoms with Crippen LogP contribution in [0.5, 0.6) is 0 Å². The zero-order chi connectivity index (χ0) is 15.6. The quantitative estimate of drug-likeness (QED) is 0.771. The molecule has 1 aliphatic rings. The SMILES string of the molecule is Cc1c(F)cc(CCl)cc1S(=O)(=O)N(C)CC1CCCC1. The highest BCUT2D eigenvalue weighted by Crippen LogP contribution is 2.29. The first kappa shape index (κ1) is 16.7. The van der Waals surface area contributed by atoms with Crippen molar-refractivity contribution in [2.45, 2.75) is 43.4 Å². The van der Waals surface area contributed by atoms with Crippen molar-refractivity contribution >= 4 is 21.6 Å². The van der Waals surface area contributed by atoms with Crippen molar-refractivity contribution in [1.82, 2.24) is 4.31 Å². The molecule has 0 N–H and O–H groups in total. The zero-order valence-electron chi connectivity index (χ0n) is 12.4. The second-order valence-electron chi connectivity index (χ2n) is 5.77. The van der Waals surface area contributed by atoms with E-state index in [2.05, 4.69) is 0 Å². The van der Waals surface area contributed by atoms with Crippen molar-refractivity contribution in [3.63, 3.8) is 0 Å². The second kappa shape index (κ2) is 6.63. The highest BCUT2D eigenvalue weighted by Gasteiger charge is 2.28. The molecule has 0 heterocycles. The van der Waals surface area contributed by atoms with Gasteiger partial charge in [-0.1, -0.05) is 12.8 Å². The Morgan fingerprint density at radius 3 is 2.52 bits per heavy atom. The van der Waals surface area contributed by atoms with E-state index in [1.807, 2.05) is 0 Å². The molecule has 0 radical (unpaired) electrons. The van der Waals surface area contributed by atoms with Gasteiger partial charge < -0.3 is 0 Å². The Hall–Kier alpha value is -0.650. The van der Waals surface area contributed by atoms with Gasteiger partial charge in [-0.25, -0.2) is 17.1 Å². The molecule has 0 aromatic heterocycles. The molecule has 1 fully saturated rings. The second-order valence-corrected chi connectivity index (χ2v) is 8.05. The predicted molar refractivity (Wildman–Crippen MR) is 82.5 cm³/mol. The Bertz CT molecular complexity index is 612. The molecule has 0 atom stereocenters. The topological polar surface area (TPSA) is 37.4 Å². The lowest BCUT2D eigenvalue weighted by molar-refractivity contribution is 0.387. The molecule has 0 amide bonds. The van der Waals surface area contributed by atoms with E-state index < -0.39 is 15.8 Å². The first-order chi connectivity index (χ1) is 9.86. The van der Waals surface area contributed by atoms with Gasteiger partial charge >= 0.3 is 0 Å². The van der Waals surface area contributed by atoms with Gasteiger partial charge in [-0.3, -0.25) is 0 Å². The van der Waals surface area contributed by atoms with Crippen molar-refractivity contribution < 1.29 is 12.8 Å². The lowest BCUT2D eigenvalue weighted by Crippen LogP contribution is -2.32. The molecule has 3 nitrogen and oxygen atoms in total. The largest absolute Gasteiger partial charge is 0.243 e. The van der Waals surface area contributed by atoms with Crippen LogP contribution in [0.2, 0.25) is 0 Å². The van der Waals surface area contributed by atoms with Gasteiger partial charge in [-0.05, 0) is 43.4 Å². The van der Waals surface area contributed by atoms with E-state index in [-0.39, 0.29) is 16.3 Å². The van der Waals surface area contributed by atoms with Crippen LogP contribution in [0.1, 0.15) is 36.8 Å². The fourth-order valence-electron chi connectivity index (χ4n) is 2.87. The van der Waals surface area contributed by atoms with E-state index in [4.69, 9.17) is 11.6 Å². The standard InChI is InChI=1S/C15H21ClFNO2S/c1-11-14(17)7-13(9-16)8-15(11)21(19,20)18(2)10-12-5-3-4-6-12/h7-8,12H,3-6,9-10H2,1-2H3. The van der Waals surface area contributed by atoms with E-state index in [9.17, 15) is 12.8 Å². The van der Waals surface area contributed by atoms with Crippen LogP contribution in [0.3, 0.4) is 0 Å². The third-order valence-electron chi connectivity index (χ3n) is 4.19. The summed E-state index contributed by atoms with van der Waals surface area (Å²) in [6.07, 6.45) is 4.45. The predicted octanol–water partition coefficient (Wildman–Crippen LogP) is 3.68. The molecule has 0 unspecified atom stereocenters. The maximum absolute atomic E-state index is 13.9. The Morgan fingerprint density at radius 2 is 1.95 bits per heavy atom. The molecule has 0 aliphatic heterocycles. The van der Waals surface area contributed by atoms with Crippen LogP contribution in [0.25, 0.3) is 0 Å². The van der Waals surface area contributed by atoms with E-state index >= 15 is 0 Å². The third kappa shape index (κ3) is 3.58. The number of halogens is 2. The molecule has 1 aromatic rings. The number of sulfonamides is 1. The summed E-state index contributed by atoms with van der Waals surface area (Å²) in [5.74, 6) is -0.0291. The summed E-state index contributed by atoms with van der Waals surface area (Å²) in [6.45, 7) is 1.98. The van der Waals surface area contributed by atoms with Crippen LogP contribution in [0.15, 0.2) is 17.0 Å². The van der Waals surface area contributed by atoms with Crippen molar-refractivity contribution in [2.75, 3.05) is 13.6 Å². The summed E-state index contributed by atoms with van der Waals surface area (Å²) >= 11 is 5.72. The smallest absolute Gasteiger partial charge is 0.207 e. The number of rotatable bonds is 5. The molecular weight excluding hydrogens is 313 g/mol. The van der Waals surface area contributed by atoms with E-state index in [0.717, 1.165) is 25.7 Å². The fourth-order valence-corrected chi connectivity index (χ4v) is 4.56. The van der Waals surface area contributed by atoms with Gasteiger partial charge in [-0.2, -0.15) is 0 Å². The summed E-state index contributed by atoms with van der Waals surface area (Å²) in [5, 5.41) is 0. The summed E-state index contributed by atoms with van der Waals surface area (Å²) in [4.78, 5) is 0.0265. The minimum atomic E-state index is -3.68. The van der Waals surface area contributed by atoms with E-state index in [1.54, 1.807) is 7.05 Å². The molecule has 1 aromatic carbocycles. The van der Waals surface area contributed by atoms with Gasteiger partial charge in [0.25, 0.3) is 0 Å². The molecule has 21 heavy (non-hydrogen) atoms. The molecule has 0 spiro atoms. The number of benzene rings is 1. The van der Waals surface area contributed by atoms with Crippen molar-refractivity contribution in [1.29, 1.82) is 0 Å². The van der Waals surface area contributed by atoms with Crippen molar-refractivity contribution in [2.24, 2.45) is 5.92 Å². The maximum Gasteiger partial charge on any atom is 0.243 e. The lowest BCUT2D eigenvalue weighted by Gasteiger charge is -2.22. The Morgan fingerprint density at radius 1 is 1.33 bits per heavy atom. The van der Waals surface area contributed by atoms with Gasteiger partial charge in [0.1, 0.15) is 5.82 Å². The van der Waals surface area contributed by atoms with Crippen LogP contribution >= 0.6 is 11.6 Å². The average molecular weight is 334 g/mol.